The van der Waals surface area contributed by atoms with Gasteiger partial charge in [0.2, 0.25) is 0 Å². The first-order chi connectivity index (χ1) is 21.1. The standard InChI is InChI=1S/C37H31NO4S/c1-2-26-11-20-32-33(25-26)43-36(28-14-18-31(19-15-28)42-37(40)29-9-5-3-6-10-29)34(32)35(39)27-12-16-30(17-13-27)41-24-23-38-21-7-4-8-22-38/h1,3,5-6,9-20,25H,4,7-8,21-24H2. The number of carbonyl (C=O) groups is 2. The fourth-order valence-electron chi connectivity index (χ4n) is 5.35. The highest BCUT2D eigenvalue weighted by Crippen LogP contribution is 2.41. The molecule has 4 aromatic carbocycles. The molecule has 5 nitrogen and oxygen atoms in total. The second kappa shape index (κ2) is 13.1. The van der Waals surface area contributed by atoms with E-state index in [4.69, 9.17) is 15.9 Å². The van der Waals surface area contributed by atoms with Crippen molar-refractivity contribution in [1.82, 2.24) is 4.90 Å². The third kappa shape index (κ3) is 6.54. The molecule has 1 aliphatic rings. The SMILES string of the molecule is C#Cc1ccc2c(C(=O)c3ccc(OCCN4CCCCC4)cc3)c(-c3ccc(OC(=O)c4ccccc4)cc3)sc2c1. The largest absolute Gasteiger partial charge is 0.492 e. The van der Waals surface area contributed by atoms with Gasteiger partial charge in [-0.05, 0) is 104 Å². The summed E-state index contributed by atoms with van der Waals surface area (Å²) in [6, 6.07) is 29.2. The maximum Gasteiger partial charge on any atom is 0.343 e. The lowest BCUT2D eigenvalue weighted by atomic mass is 9.97. The molecule has 1 aliphatic heterocycles. The van der Waals surface area contributed by atoms with Crippen molar-refractivity contribution in [3.05, 3.63) is 119 Å². The molecular weight excluding hydrogens is 554 g/mol. The third-order valence-electron chi connectivity index (χ3n) is 7.66. The van der Waals surface area contributed by atoms with Crippen LogP contribution in [0.4, 0.5) is 0 Å². The molecule has 0 bridgehead atoms. The van der Waals surface area contributed by atoms with Crippen LogP contribution in [0.2, 0.25) is 0 Å². The van der Waals surface area contributed by atoms with Crippen LogP contribution in [0, 0.1) is 12.3 Å². The van der Waals surface area contributed by atoms with Crippen molar-refractivity contribution >= 4 is 33.2 Å². The molecule has 0 amide bonds. The van der Waals surface area contributed by atoms with Gasteiger partial charge in [-0.1, -0.05) is 36.6 Å². The van der Waals surface area contributed by atoms with Crippen LogP contribution in [0.3, 0.4) is 0 Å². The summed E-state index contributed by atoms with van der Waals surface area (Å²) in [6.07, 6.45) is 9.49. The quantitative estimate of drug-likeness (QED) is 0.0763. The first-order valence-electron chi connectivity index (χ1n) is 14.5. The Morgan fingerprint density at radius 2 is 1.53 bits per heavy atom. The first kappa shape index (κ1) is 28.4. The van der Waals surface area contributed by atoms with Gasteiger partial charge in [-0.25, -0.2) is 4.79 Å². The first-order valence-corrected chi connectivity index (χ1v) is 15.3. The van der Waals surface area contributed by atoms with Crippen molar-refractivity contribution in [2.45, 2.75) is 19.3 Å². The highest BCUT2D eigenvalue weighted by atomic mass is 32.1. The van der Waals surface area contributed by atoms with Gasteiger partial charge >= 0.3 is 5.97 Å². The molecule has 214 valence electrons. The molecule has 0 atom stereocenters. The number of esters is 1. The molecule has 1 aromatic heterocycles. The Labute approximate surface area is 255 Å². The van der Waals surface area contributed by atoms with Crippen molar-refractivity contribution < 1.29 is 19.1 Å². The van der Waals surface area contributed by atoms with Crippen LogP contribution >= 0.6 is 11.3 Å². The van der Waals surface area contributed by atoms with Crippen LogP contribution in [-0.2, 0) is 0 Å². The molecule has 1 fully saturated rings. The van der Waals surface area contributed by atoms with Crippen molar-refractivity contribution in [3.8, 4) is 34.3 Å². The number of ketones is 1. The second-order valence-corrected chi connectivity index (χ2v) is 11.6. The number of fused-ring (bicyclic) bond motifs is 1. The van der Waals surface area contributed by atoms with Gasteiger partial charge in [-0.3, -0.25) is 9.69 Å². The summed E-state index contributed by atoms with van der Waals surface area (Å²) in [5.74, 6) is 3.37. The van der Waals surface area contributed by atoms with E-state index in [1.54, 1.807) is 36.4 Å². The van der Waals surface area contributed by atoms with Crippen LogP contribution in [0.15, 0.2) is 97.1 Å². The van der Waals surface area contributed by atoms with Crippen molar-refractivity contribution in [2.24, 2.45) is 0 Å². The highest BCUT2D eigenvalue weighted by Gasteiger charge is 2.22. The minimum atomic E-state index is -0.424. The summed E-state index contributed by atoms with van der Waals surface area (Å²) in [7, 11) is 0. The Hall–Kier alpha value is -4.70. The van der Waals surface area contributed by atoms with Crippen LogP contribution < -0.4 is 9.47 Å². The number of likely N-dealkylation sites (tertiary alicyclic amines) is 1. The molecule has 5 aromatic rings. The topological polar surface area (TPSA) is 55.8 Å². The lowest BCUT2D eigenvalue weighted by Gasteiger charge is -2.26. The van der Waals surface area contributed by atoms with E-state index >= 15 is 0 Å². The number of piperidine rings is 1. The Morgan fingerprint density at radius 1 is 0.814 bits per heavy atom. The molecule has 0 aliphatic carbocycles. The summed E-state index contributed by atoms with van der Waals surface area (Å²) < 4.78 is 12.5. The fourth-order valence-corrected chi connectivity index (χ4v) is 6.60. The van der Waals surface area contributed by atoms with Gasteiger partial charge in [-0.15, -0.1) is 17.8 Å². The van der Waals surface area contributed by atoms with Gasteiger partial charge in [0, 0.05) is 38.2 Å². The minimum Gasteiger partial charge on any atom is -0.492 e. The van der Waals surface area contributed by atoms with Gasteiger partial charge < -0.3 is 9.47 Å². The van der Waals surface area contributed by atoms with E-state index in [1.165, 1.54) is 30.6 Å². The summed E-state index contributed by atoms with van der Waals surface area (Å²) in [5.41, 5.74) is 3.29. The van der Waals surface area contributed by atoms with Gasteiger partial charge in [0.1, 0.15) is 18.1 Å². The normalized spacial score (nSPS) is 13.4. The monoisotopic (exact) mass is 585 g/mol. The molecule has 43 heavy (non-hydrogen) atoms. The average molecular weight is 586 g/mol. The van der Waals surface area contributed by atoms with Gasteiger partial charge in [-0.2, -0.15) is 0 Å². The molecule has 0 radical (unpaired) electrons. The smallest absolute Gasteiger partial charge is 0.343 e. The van der Waals surface area contributed by atoms with Gasteiger partial charge in [0.25, 0.3) is 0 Å². The average Bonchev–Trinajstić information content (AvgIpc) is 3.44. The Morgan fingerprint density at radius 3 is 2.26 bits per heavy atom. The van der Waals surface area contributed by atoms with E-state index in [1.807, 2.05) is 60.7 Å². The van der Waals surface area contributed by atoms with E-state index in [0.29, 0.717) is 29.0 Å². The number of ether oxygens (including phenoxy) is 2. The predicted octanol–water partition coefficient (Wildman–Crippen LogP) is 7.86. The Balaban J connectivity index is 1.24. The zero-order valence-corrected chi connectivity index (χ0v) is 24.6. The number of carbonyl (C=O) groups excluding carboxylic acids is 2. The summed E-state index contributed by atoms with van der Waals surface area (Å²) >= 11 is 1.52. The van der Waals surface area contributed by atoms with Crippen LogP contribution in [0.25, 0.3) is 20.5 Å². The summed E-state index contributed by atoms with van der Waals surface area (Å²) in [5, 5.41) is 0.852. The number of hydrogen-bond acceptors (Lipinski definition) is 6. The number of hydrogen-bond donors (Lipinski definition) is 0. The lowest BCUT2D eigenvalue weighted by molar-refractivity contribution is 0.0734. The summed E-state index contributed by atoms with van der Waals surface area (Å²) in [6.45, 7) is 3.81. The molecule has 0 unspecified atom stereocenters. The molecular formula is C37H31NO4S. The second-order valence-electron chi connectivity index (χ2n) is 10.5. The molecule has 0 spiro atoms. The van der Waals surface area contributed by atoms with Gasteiger partial charge in [0.15, 0.2) is 5.78 Å². The molecule has 6 heteroatoms. The van der Waals surface area contributed by atoms with E-state index in [9.17, 15) is 9.59 Å². The molecule has 0 N–H and O–H groups in total. The molecule has 2 heterocycles. The summed E-state index contributed by atoms with van der Waals surface area (Å²) in [4.78, 5) is 29.8. The fraction of sp³-hybridized carbons (Fsp3) is 0.189. The number of benzene rings is 4. The maximum atomic E-state index is 14.0. The molecule has 6 rings (SSSR count). The van der Waals surface area contributed by atoms with Crippen LogP contribution in [-0.4, -0.2) is 42.9 Å². The number of thiophene rings is 1. The van der Waals surface area contributed by atoms with Crippen molar-refractivity contribution in [2.75, 3.05) is 26.2 Å². The number of terminal acetylenes is 1. The number of nitrogens with zero attached hydrogens (tertiary/aromatic N) is 1. The highest BCUT2D eigenvalue weighted by molar-refractivity contribution is 7.22. The molecule has 0 saturated carbocycles. The van der Waals surface area contributed by atoms with E-state index in [0.717, 1.165) is 51.5 Å². The maximum absolute atomic E-state index is 14.0. The molecule has 1 saturated heterocycles. The predicted molar refractivity (Wildman–Crippen MR) is 172 cm³/mol. The Bertz CT molecular complexity index is 1780. The van der Waals surface area contributed by atoms with E-state index in [2.05, 4.69) is 10.8 Å². The van der Waals surface area contributed by atoms with Crippen molar-refractivity contribution in [3.63, 3.8) is 0 Å². The van der Waals surface area contributed by atoms with Crippen LogP contribution in [0.5, 0.6) is 11.5 Å². The third-order valence-corrected chi connectivity index (χ3v) is 8.86. The van der Waals surface area contributed by atoms with Crippen molar-refractivity contribution in [1.29, 1.82) is 0 Å². The number of rotatable bonds is 9. The van der Waals surface area contributed by atoms with Gasteiger partial charge in [0.05, 0.1) is 5.56 Å². The zero-order valence-electron chi connectivity index (χ0n) is 23.8. The van der Waals surface area contributed by atoms with Crippen LogP contribution in [0.1, 0.15) is 51.1 Å². The zero-order chi connectivity index (χ0) is 29.6. The van der Waals surface area contributed by atoms with E-state index in [-0.39, 0.29) is 5.78 Å². The lowest BCUT2D eigenvalue weighted by Crippen LogP contribution is -2.33. The Kier molecular flexibility index (Phi) is 8.65. The minimum absolute atomic E-state index is 0.0749. The van der Waals surface area contributed by atoms with E-state index < -0.39 is 5.97 Å².